The standard InChI is InChI=1S/C14H22ClN3O2/c1-14(2,20)9-18(3)7-6-13(19)17-12-5-4-10(15)8-11(12)16/h4-5,8,20H,6-7,9,16H2,1-3H3,(H,17,19). The molecular weight excluding hydrogens is 278 g/mol. The lowest BCUT2D eigenvalue weighted by Crippen LogP contribution is -2.37. The molecule has 0 saturated carbocycles. The van der Waals surface area contributed by atoms with E-state index in [1.165, 1.54) is 0 Å². The summed E-state index contributed by atoms with van der Waals surface area (Å²) in [6, 6.07) is 4.95. The van der Waals surface area contributed by atoms with E-state index in [0.717, 1.165) is 0 Å². The van der Waals surface area contributed by atoms with E-state index in [4.69, 9.17) is 17.3 Å². The van der Waals surface area contributed by atoms with Crippen LogP contribution < -0.4 is 11.1 Å². The predicted octanol–water partition coefficient (Wildman–Crippen LogP) is 1.95. The van der Waals surface area contributed by atoms with E-state index in [1.807, 2.05) is 11.9 Å². The third kappa shape index (κ3) is 6.23. The molecule has 0 radical (unpaired) electrons. The molecule has 4 N–H and O–H groups in total. The predicted molar refractivity (Wildman–Crippen MR) is 82.9 cm³/mol. The average molecular weight is 300 g/mol. The minimum absolute atomic E-state index is 0.124. The molecule has 0 saturated heterocycles. The van der Waals surface area contributed by atoms with Crippen molar-refractivity contribution in [2.24, 2.45) is 0 Å². The Morgan fingerprint density at radius 1 is 1.50 bits per heavy atom. The number of anilines is 2. The zero-order valence-electron chi connectivity index (χ0n) is 12.1. The van der Waals surface area contributed by atoms with Crippen LogP contribution in [0.15, 0.2) is 18.2 Å². The highest BCUT2D eigenvalue weighted by Crippen LogP contribution is 2.22. The van der Waals surface area contributed by atoms with Gasteiger partial charge in [0.1, 0.15) is 0 Å². The van der Waals surface area contributed by atoms with Crippen LogP contribution in [0.1, 0.15) is 20.3 Å². The van der Waals surface area contributed by atoms with Crippen molar-refractivity contribution in [3.05, 3.63) is 23.2 Å². The average Bonchev–Trinajstić information content (AvgIpc) is 2.28. The van der Waals surface area contributed by atoms with E-state index < -0.39 is 5.60 Å². The van der Waals surface area contributed by atoms with E-state index >= 15 is 0 Å². The first kappa shape index (κ1) is 16.8. The Morgan fingerprint density at radius 3 is 2.70 bits per heavy atom. The van der Waals surface area contributed by atoms with Gasteiger partial charge in [-0.3, -0.25) is 4.79 Å². The van der Waals surface area contributed by atoms with Crippen LogP contribution >= 0.6 is 11.6 Å². The van der Waals surface area contributed by atoms with Gasteiger partial charge in [0.2, 0.25) is 5.91 Å². The van der Waals surface area contributed by atoms with Crippen LogP contribution in [0.5, 0.6) is 0 Å². The van der Waals surface area contributed by atoms with Gasteiger partial charge in [-0.2, -0.15) is 0 Å². The summed E-state index contributed by atoms with van der Waals surface area (Å²) in [5.41, 5.74) is 5.99. The second kappa shape index (κ2) is 6.92. The monoisotopic (exact) mass is 299 g/mol. The molecule has 0 spiro atoms. The Labute approximate surface area is 124 Å². The zero-order valence-corrected chi connectivity index (χ0v) is 12.9. The van der Waals surface area contributed by atoms with Crippen LogP contribution in [-0.4, -0.2) is 41.7 Å². The topological polar surface area (TPSA) is 78.6 Å². The summed E-state index contributed by atoms with van der Waals surface area (Å²) in [5.74, 6) is -0.124. The first-order valence-corrected chi connectivity index (χ1v) is 6.81. The second-order valence-corrected chi connectivity index (χ2v) is 6.02. The SMILES string of the molecule is CN(CCC(=O)Nc1ccc(Cl)cc1N)CC(C)(C)O. The van der Waals surface area contributed by atoms with Crippen LogP contribution in [0, 0.1) is 0 Å². The molecule has 0 aliphatic heterocycles. The molecule has 0 aliphatic carbocycles. The first-order chi connectivity index (χ1) is 9.17. The molecule has 20 heavy (non-hydrogen) atoms. The fourth-order valence-electron chi connectivity index (χ4n) is 1.89. The molecule has 1 amide bonds. The third-order valence-electron chi connectivity index (χ3n) is 2.67. The Morgan fingerprint density at radius 2 is 2.15 bits per heavy atom. The number of hydrogen-bond donors (Lipinski definition) is 3. The van der Waals surface area contributed by atoms with E-state index in [2.05, 4.69) is 5.32 Å². The normalized spacial score (nSPS) is 11.7. The van der Waals surface area contributed by atoms with Crippen LogP contribution in [0.25, 0.3) is 0 Å². The molecule has 0 aliphatic rings. The van der Waals surface area contributed by atoms with E-state index in [9.17, 15) is 9.90 Å². The van der Waals surface area contributed by atoms with Gasteiger partial charge < -0.3 is 21.1 Å². The van der Waals surface area contributed by atoms with Crippen molar-refractivity contribution in [2.75, 3.05) is 31.2 Å². The van der Waals surface area contributed by atoms with Crippen molar-refractivity contribution in [3.8, 4) is 0 Å². The molecule has 5 nitrogen and oxygen atoms in total. The molecule has 0 unspecified atom stereocenters. The van der Waals surface area contributed by atoms with Gasteiger partial charge in [0.15, 0.2) is 0 Å². The van der Waals surface area contributed by atoms with Gasteiger partial charge in [-0.15, -0.1) is 0 Å². The number of benzene rings is 1. The lowest BCUT2D eigenvalue weighted by atomic mass is 10.1. The fraction of sp³-hybridized carbons (Fsp3) is 0.500. The van der Waals surface area contributed by atoms with Crippen molar-refractivity contribution in [2.45, 2.75) is 25.9 Å². The second-order valence-electron chi connectivity index (χ2n) is 5.58. The first-order valence-electron chi connectivity index (χ1n) is 6.43. The van der Waals surface area contributed by atoms with Gasteiger partial charge in [-0.1, -0.05) is 11.6 Å². The number of hydrogen-bond acceptors (Lipinski definition) is 4. The Kier molecular flexibility index (Phi) is 5.80. The number of aliphatic hydroxyl groups is 1. The van der Waals surface area contributed by atoms with Crippen molar-refractivity contribution < 1.29 is 9.90 Å². The molecule has 0 atom stereocenters. The Hall–Kier alpha value is -1.30. The van der Waals surface area contributed by atoms with Crippen molar-refractivity contribution >= 4 is 28.9 Å². The molecule has 6 heteroatoms. The molecule has 0 aromatic heterocycles. The highest BCUT2D eigenvalue weighted by atomic mass is 35.5. The van der Waals surface area contributed by atoms with Gasteiger partial charge in [-0.25, -0.2) is 0 Å². The molecule has 112 valence electrons. The number of halogens is 1. The van der Waals surface area contributed by atoms with Crippen LogP contribution in [-0.2, 0) is 4.79 Å². The van der Waals surface area contributed by atoms with Crippen LogP contribution in [0.2, 0.25) is 5.02 Å². The summed E-state index contributed by atoms with van der Waals surface area (Å²) < 4.78 is 0. The number of nitrogens with one attached hydrogen (secondary N) is 1. The van der Waals surface area contributed by atoms with E-state index in [-0.39, 0.29) is 5.91 Å². The summed E-state index contributed by atoms with van der Waals surface area (Å²) in [6.07, 6.45) is 0.328. The molecule has 1 aromatic rings. The molecule has 1 rings (SSSR count). The lowest BCUT2D eigenvalue weighted by molar-refractivity contribution is -0.116. The minimum atomic E-state index is -0.772. The zero-order chi connectivity index (χ0) is 15.3. The largest absolute Gasteiger partial charge is 0.397 e. The summed E-state index contributed by atoms with van der Waals surface area (Å²) in [6.45, 7) is 4.53. The molecule has 1 aromatic carbocycles. The van der Waals surface area contributed by atoms with Crippen molar-refractivity contribution in [3.63, 3.8) is 0 Å². The number of nitrogen functional groups attached to an aromatic ring is 1. The smallest absolute Gasteiger partial charge is 0.225 e. The highest BCUT2D eigenvalue weighted by molar-refractivity contribution is 6.31. The number of carbonyl (C=O) groups is 1. The summed E-state index contributed by atoms with van der Waals surface area (Å²) in [5, 5.41) is 13.0. The molecule has 0 heterocycles. The number of carbonyl (C=O) groups excluding carboxylic acids is 1. The van der Waals surface area contributed by atoms with Gasteiger partial charge in [0.05, 0.1) is 17.0 Å². The van der Waals surface area contributed by atoms with E-state index in [0.29, 0.717) is 35.9 Å². The summed E-state index contributed by atoms with van der Waals surface area (Å²) in [7, 11) is 1.86. The van der Waals surface area contributed by atoms with Gasteiger partial charge in [0.25, 0.3) is 0 Å². The van der Waals surface area contributed by atoms with Crippen molar-refractivity contribution in [1.29, 1.82) is 0 Å². The van der Waals surface area contributed by atoms with Crippen LogP contribution in [0.3, 0.4) is 0 Å². The summed E-state index contributed by atoms with van der Waals surface area (Å²) >= 11 is 5.79. The number of amides is 1. The van der Waals surface area contributed by atoms with Gasteiger partial charge >= 0.3 is 0 Å². The molecule has 0 fully saturated rings. The van der Waals surface area contributed by atoms with Gasteiger partial charge in [-0.05, 0) is 39.1 Å². The maximum absolute atomic E-state index is 11.8. The lowest BCUT2D eigenvalue weighted by Gasteiger charge is -2.25. The Balaban J connectivity index is 2.44. The molecule has 0 bridgehead atoms. The maximum Gasteiger partial charge on any atom is 0.225 e. The van der Waals surface area contributed by atoms with Crippen molar-refractivity contribution in [1.82, 2.24) is 4.90 Å². The minimum Gasteiger partial charge on any atom is -0.397 e. The van der Waals surface area contributed by atoms with Crippen LogP contribution in [0.4, 0.5) is 11.4 Å². The number of rotatable bonds is 6. The quantitative estimate of drug-likeness (QED) is 0.702. The molecular formula is C14H22ClN3O2. The van der Waals surface area contributed by atoms with Gasteiger partial charge in [0, 0.05) is 24.5 Å². The highest BCUT2D eigenvalue weighted by Gasteiger charge is 2.16. The van der Waals surface area contributed by atoms with E-state index in [1.54, 1.807) is 32.0 Å². The third-order valence-corrected chi connectivity index (χ3v) is 2.90. The summed E-state index contributed by atoms with van der Waals surface area (Å²) in [4.78, 5) is 13.7. The fourth-order valence-corrected chi connectivity index (χ4v) is 2.07. The number of nitrogens with zero attached hydrogens (tertiary/aromatic N) is 1. The number of likely N-dealkylation sites (N-methyl/N-ethyl adjacent to an activating group) is 1. The maximum atomic E-state index is 11.8. The number of nitrogens with two attached hydrogens (primary N) is 1. The Bertz CT molecular complexity index is 472.